The monoisotopic (exact) mass is 606 g/mol. The molecule has 1 amide bonds. The highest BCUT2D eigenvalue weighted by molar-refractivity contribution is 5.92. The third-order valence-corrected chi connectivity index (χ3v) is 10.1. The number of piperidine rings is 1. The van der Waals surface area contributed by atoms with Crippen molar-refractivity contribution in [2.75, 3.05) is 20.1 Å². The van der Waals surface area contributed by atoms with Crippen LogP contribution in [0, 0.1) is 5.92 Å². The van der Waals surface area contributed by atoms with Gasteiger partial charge in [0.05, 0.1) is 11.0 Å². The van der Waals surface area contributed by atoms with E-state index >= 15 is 0 Å². The average Bonchev–Trinajstić information content (AvgIpc) is 3.66. The van der Waals surface area contributed by atoms with E-state index < -0.39 is 23.5 Å². The molecule has 2 N–H and O–H groups in total. The van der Waals surface area contributed by atoms with Crippen LogP contribution in [-0.2, 0) is 16.6 Å². The largest absolute Gasteiger partial charge is 0.573 e. The minimum atomic E-state index is -4.80. The van der Waals surface area contributed by atoms with Crippen LogP contribution in [0.4, 0.5) is 13.2 Å². The average molecular weight is 607 g/mol. The summed E-state index contributed by atoms with van der Waals surface area (Å²) < 4.78 is 48.3. The fourth-order valence-corrected chi connectivity index (χ4v) is 8.06. The molecule has 7 rings (SSSR count). The number of carbonyl (C=O) groups is 1. The number of phenols is 1. The molecule has 5 atom stereocenters. The third kappa shape index (κ3) is 4.53. The maximum absolute atomic E-state index is 13.3. The van der Waals surface area contributed by atoms with Gasteiger partial charge in [0.15, 0.2) is 11.5 Å². The molecular weight excluding hydrogens is 573 g/mol. The van der Waals surface area contributed by atoms with Gasteiger partial charge >= 0.3 is 6.36 Å². The van der Waals surface area contributed by atoms with Crippen LogP contribution in [0.1, 0.15) is 48.8 Å². The number of aliphatic hydroxyl groups is 1. The highest BCUT2D eigenvalue weighted by Gasteiger charge is 2.72. The lowest BCUT2D eigenvalue weighted by Crippen LogP contribution is -2.77. The van der Waals surface area contributed by atoms with Gasteiger partial charge < -0.3 is 24.6 Å². The lowest BCUT2D eigenvalue weighted by atomic mass is 9.48. The summed E-state index contributed by atoms with van der Waals surface area (Å²) >= 11 is 0. The molecule has 2 aromatic carbocycles. The van der Waals surface area contributed by atoms with E-state index in [2.05, 4.69) is 9.64 Å². The molecule has 0 radical (unpaired) electrons. The van der Waals surface area contributed by atoms with Crippen molar-refractivity contribution in [2.24, 2.45) is 5.92 Å². The smallest absolute Gasteiger partial charge is 0.504 e. The van der Waals surface area contributed by atoms with Crippen LogP contribution in [0.2, 0.25) is 0 Å². The molecule has 226 valence electrons. The first kappa shape index (κ1) is 29.1. The normalized spacial score (nSPS) is 31.2. The number of amides is 1. The molecule has 7 nitrogen and oxygen atoms in total. The van der Waals surface area contributed by atoms with E-state index in [0.717, 1.165) is 30.6 Å². The van der Waals surface area contributed by atoms with E-state index in [1.807, 2.05) is 6.07 Å². The van der Waals surface area contributed by atoms with E-state index in [4.69, 9.17) is 4.74 Å². The molecule has 1 spiro atoms. The van der Waals surface area contributed by atoms with Crippen molar-refractivity contribution in [3.8, 4) is 17.2 Å². The molecule has 2 bridgehead atoms. The summed E-state index contributed by atoms with van der Waals surface area (Å²) in [6.45, 7) is 1.81. The molecule has 0 unspecified atom stereocenters. The summed E-state index contributed by atoms with van der Waals surface area (Å²) in [5.74, 6) is 0.519. The van der Waals surface area contributed by atoms with Crippen LogP contribution in [0.5, 0.6) is 17.2 Å². The number of aromatic hydroxyl groups is 1. The Morgan fingerprint density at radius 2 is 2.05 bits per heavy atom. The first-order valence-corrected chi connectivity index (χ1v) is 14.3. The van der Waals surface area contributed by atoms with Gasteiger partial charge in [0.1, 0.15) is 11.9 Å². The summed E-state index contributed by atoms with van der Waals surface area (Å²) in [4.78, 5) is 17.4. The van der Waals surface area contributed by atoms with Gasteiger partial charge in [0.25, 0.3) is 0 Å². The number of alkyl halides is 3. The second kappa shape index (κ2) is 10.1. The van der Waals surface area contributed by atoms with Crippen LogP contribution >= 0.6 is 12.4 Å². The fraction of sp³-hybridized carbons (Fsp3) is 0.516. The number of halogens is 4. The van der Waals surface area contributed by atoms with Crippen LogP contribution < -0.4 is 9.47 Å². The van der Waals surface area contributed by atoms with Gasteiger partial charge in [-0.2, -0.15) is 0 Å². The second-order valence-electron chi connectivity index (χ2n) is 12.4. The molecule has 2 heterocycles. The van der Waals surface area contributed by atoms with Crippen LogP contribution in [0.3, 0.4) is 0 Å². The zero-order chi connectivity index (χ0) is 28.7. The Kier molecular flexibility index (Phi) is 6.98. The summed E-state index contributed by atoms with van der Waals surface area (Å²) in [6.07, 6.45) is 2.27. The minimum Gasteiger partial charge on any atom is -0.504 e. The Hall–Kier alpha value is -2.95. The number of ether oxygens (including phenoxy) is 2. The summed E-state index contributed by atoms with van der Waals surface area (Å²) in [6, 6.07) is 8.63. The number of hydrogen-bond acceptors (Lipinski definition) is 6. The molecule has 3 aliphatic carbocycles. The van der Waals surface area contributed by atoms with Gasteiger partial charge in [-0.1, -0.05) is 18.2 Å². The van der Waals surface area contributed by atoms with E-state index in [0.29, 0.717) is 36.5 Å². The highest BCUT2D eigenvalue weighted by Crippen LogP contribution is 2.65. The van der Waals surface area contributed by atoms with Crippen molar-refractivity contribution in [1.82, 2.24) is 9.80 Å². The van der Waals surface area contributed by atoms with Crippen molar-refractivity contribution < 1.29 is 37.7 Å². The SMILES string of the molecule is CN(C(=O)C=Cc1cccc(OC(F)(F)F)c1)[C@@H]1C[C@@H]2Oc3c(O)ccc4c3[C@@]23CCN(CC2CC2)[C@H](C4)[C@]3(O)C1.Cl. The number of likely N-dealkylation sites (tertiary alicyclic amines) is 1. The third-order valence-electron chi connectivity index (χ3n) is 10.1. The number of rotatable bonds is 6. The van der Waals surface area contributed by atoms with E-state index in [1.54, 1.807) is 24.1 Å². The van der Waals surface area contributed by atoms with E-state index in [9.17, 15) is 28.2 Å². The number of benzene rings is 2. The predicted molar refractivity (Wildman–Crippen MR) is 151 cm³/mol. The maximum atomic E-state index is 13.3. The number of carbonyl (C=O) groups excluding carboxylic acids is 1. The lowest BCUT2D eigenvalue weighted by molar-refractivity contribution is -0.274. The highest BCUT2D eigenvalue weighted by atomic mass is 35.5. The second-order valence-corrected chi connectivity index (χ2v) is 12.4. The first-order valence-electron chi connectivity index (χ1n) is 14.3. The number of phenolic OH excluding ortho intramolecular Hbond substituents is 1. The Morgan fingerprint density at radius 1 is 1.26 bits per heavy atom. The van der Waals surface area contributed by atoms with E-state index in [-0.39, 0.29) is 41.9 Å². The molecule has 0 aromatic heterocycles. The molecule has 42 heavy (non-hydrogen) atoms. The molecule has 2 saturated carbocycles. The Morgan fingerprint density at radius 3 is 2.79 bits per heavy atom. The van der Waals surface area contributed by atoms with Crippen molar-refractivity contribution in [2.45, 2.75) is 74.1 Å². The minimum absolute atomic E-state index is 0. The molecular formula is C31H34ClF3N2O5. The van der Waals surface area contributed by atoms with Crippen molar-refractivity contribution in [3.63, 3.8) is 0 Å². The fourth-order valence-electron chi connectivity index (χ4n) is 8.06. The van der Waals surface area contributed by atoms with Gasteiger partial charge in [-0.3, -0.25) is 9.69 Å². The molecule has 2 aromatic rings. The quantitative estimate of drug-likeness (QED) is 0.459. The van der Waals surface area contributed by atoms with E-state index in [1.165, 1.54) is 43.2 Å². The van der Waals surface area contributed by atoms with Crippen LogP contribution in [0.15, 0.2) is 42.5 Å². The number of likely N-dealkylation sites (N-methyl/N-ethyl adjacent to an activating group) is 1. The number of hydrogen-bond donors (Lipinski definition) is 2. The van der Waals surface area contributed by atoms with Crippen molar-refractivity contribution in [3.05, 3.63) is 59.2 Å². The Balaban J connectivity index is 0.00000316. The lowest BCUT2D eigenvalue weighted by Gasteiger charge is -2.64. The molecule has 11 heteroatoms. The van der Waals surface area contributed by atoms with Gasteiger partial charge in [0, 0.05) is 43.7 Å². The Bertz CT molecular complexity index is 1430. The zero-order valence-corrected chi connectivity index (χ0v) is 24.0. The zero-order valence-electron chi connectivity index (χ0n) is 23.1. The van der Waals surface area contributed by atoms with Crippen LogP contribution in [0.25, 0.3) is 6.08 Å². The predicted octanol–water partition coefficient (Wildman–Crippen LogP) is 4.82. The van der Waals surface area contributed by atoms with Gasteiger partial charge in [-0.15, -0.1) is 25.6 Å². The topological polar surface area (TPSA) is 82.5 Å². The standard InChI is InChI=1S/C31H33F3N2O5.ClH/c1-35(26(38)10-7-18-3-2-4-22(13-18)41-31(32,33)34)21-15-25-29-11-12-36(17-19-5-6-19)24(30(29,39)16-21)14-20-8-9-23(37)28(40-25)27(20)29;/h2-4,7-10,13,19,21,24-25,37,39H,5-6,11-12,14-17H2,1H3;1H/t21-,24-,25+,29-,30-;/m1./s1. The van der Waals surface area contributed by atoms with Crippen LogP contribution in [-0.4, -0.2) is 76.2 Å². The van der Waals surface area contributed by atoms with Crippen molar-refractivity contribution in [1.29, 1.82) is 0 Å². The molecule has 2 aliphatic heterocycles. The molecule has 3 fully saturated rings. The summed E-state index contributed by atoms with van der Waals surface area (Å²) in [7, 11) is 1.69. The first-order chi connectivity index (χ1) is 19.5. The molecule has 5 aliphatic rings. The van der Waals surface area contributed by atoms with Gasteiger partial charge in [-0.05, 0) is 80.0 Å². The summed E-state index contributed by atoms with van der Waals surface area (Å²) in [5, 5.41) is 23.5. The maximum Gasteiger partial charge on any atom is 0.573 e. The molecule has 1 saturated heterocycles. The van der Waals surface area contributed by atoms with Crippen molar-refractivity contribution >= 4 is 24.4 Å². The summed E-state index contributed by atoms with van der Waals surface area (Å²) in [5.41, 5.74) is 0.666. The number of nitrogens with zero attached hydrogens (tertiary/aromatic N) is 2. The Labute approximate surface area is 248 Å². The van der Waals surface area contributed by atoms with Gasteiger partial charge in [0.2, 0.25) is 5.91 Å². The van der Waals surface area contributed by atoms with Gasteiger partial charge in [-0.25, -0.2) is 0 Å².